The quantitative estimate of drug-likeness (QED) is 0.231. The molecule has 1 aliphatic rings. The number of thiophene rings is 2. The molecular formula is C33H21N3S2. The van der Waals surface area contributed by atoms with Crippen molar-refractivity contribution in [3.8, 4) is 34.2 Å². The molecule has 4 aromatic carbocycles. The molecule has 0 fully saturated rings. The zero-order chi connectivity index (χ0) is 25.1. The zero-order valence-corrected chi connectivity index (χ0v) is 22.0. The second-order valence-electron chi connectivity index (χ2n) is 9.51. The molecule has 7 aromatic rings. The SMILES string of the molecule is C1=Cc2c(sc3cccc(-c4nc(-c5ccccc5)nc(-c5cccc6c5sc5ccccc56)n4)c23)CC1. The molecular weight excluding hydrogens is 503 g/mol. The van der Waals surface area contributed by atoms with Crippen molar-refractivity contribution >= 4 is 59.0 Å². The van der Waals surface area contributed by atoms with E-state index in [0.29, 0.717) is 11.6 Å². The Morgan fingerprint density at radius 3 is 2.21 bits per heavy atom. The number of aryl methyl sites for hydroxylation is 1. The van der Waals surface area contributed by atoms with Gasteiger partial charge in [0.1, 0.15) is 0 Å². The number of hydrogen-bond acceptors (Lipinski definition) is 5. The molecule has 0 amide bonds. The highest BCUT2D eigenvalue weighted by atomic mass is 32.1. The van der Waals surface area contributed by atoms with Crippen LogP contribution in [0.2, 0.25) is 0 Å². The van der Waals surface area contributed by atoms with Crippen LogP contribution in [0.4, 0.5) is 0 Å². The van der Waals surface area contributed by atoms with Gasteiger partial charge in [-0.2, -0.15) is 0 Å². The van der Waals surface area contributed by atoms with Gasteiger partial charge in [-0.05, 0) is 36.6 Å². The van der Waals surface area contributed by atoms with E-state index in [9.17, 15) is 0 Å². The van der Waals surface area contributed by atoms with Gasteiger partial charge in [0.15, 0.2) is 17.5 Å². The van der Waals surface area contributed by atoms with Crippen molar-refractivity contribution in [2.45, 2.75) is 12.8 Å². The van der Waals surface area contributed by atoms with Gasteiger partial charge < -0.3 is 0 Å². The summed E-state index contributed by atoms with van der Waals surface area (Å²) >= 11 is 3.69. The van der Waals surface area contributed by atoms with Crippen molar-refractivity contribution in [1.29, 1.82) is 0 Å². The average Bonchev–Trinajstić information content (AvgIpc) is 3.56. The highest BCUT2D eigenvalue weighted by molar-refractivity contribution is 7.26. The van der Waals surface area contributed by atoms with Gasteiger partial charge in [0.2, 0.25) is 0 Å². The van der Waals surface area contributed by atoms with Crippen molar-refractivity contribution in [2.24, 2.45) is 0 Å². The Bertz CT molecular complexity index is 2030. The molecule has 8 rings (SSSR count). The summed E-state index contributed by atoms with van der Waals surface area (Å²) in [4.78, 5) is 16.7. The Morgan fingerprint density at radius 1 is 0.579 bits per heavy atom. The van der Waals surface area contributed by atoms with Crippen LogP contribution in [-0.2, 0) is 6.42 Å². The van der Waals surface area contributed by atoms with Gasteiger partial charge in [-0.25, -0.2) is 15.0 Å². The van der Waals surface area contributed by atoms with E-state index in [-0.39, 0.29) is 0 Å². The minimum absolute atomic E-state index is 0.695. The molecule has 0 bridgehead atoms. The van der Waals surface area contributed by atoms with Gasteiger partial charge in [-0.1, -0.05) is 84.9 Å². The first-order chi connectivity index (χ1) is 18.8. The van der Waals surface area contributed by atoms with Crippen LogP contribution in [0.3, 0.4) is 0 Å². The van der Waals surface area contributed by atoms with E-state index in [2.05, 4.69) is 84.9 Å². The third-order valence-corrected chi connectivity index (χ3v) is 9.66. The van der Waals surface area contributed by atoms with E-state index in [1.165, 1.54) is 40.7 Å². The monoisotopic (exact) mass is 523 g/mol. The molecule has 38 heavy (non-hydrogen) atoms. The molecule has 0 saturated heterocycles. The molecule has 3 nitrogen and oxygen atoms in total. The molecule has 180 valence electrons. The van der Waals surface area contributed by atoms with Crippen LogP contribution in [0.15, 0.2) is 97.1 Å². The molecule has 0 saturated carbocycles. The van der Waals surface area contributed by atoms with Gasteiger partial charge in [-0.15, -0.1) is 22.7 Å². The van der Waals surface area contributed by atoms with Gasteiger partial charge in [0.05, 0.1) is 0 Å². The van der Waals surface area contributed by atoms with Gasteiger partial charge in [0.25, 0.3) is 0 Å². The summed E-state index contributed by atoms with van der Waals surface area (Å²) in [6.45, 7) is 0. The summed E-state index contributed by atoms with van der Waals surface area (Å²) in [7, 11) is 0. The largest absolute Gasteiger partial charge is 0.208 e. The molecule has 1 aliphatic carbocycles. The van der Waals surface area contributed by atoms with E-state index in [4.69, 9.17) is 15.0 Å². The van der Waals surface area contributed by atoms with Crippen LogP contribution in [-0.4, -0.2) is 15.0 Å². The first-order valence-electron chi connectivity index (χ1n) is 12.8. The van der Waals surface area contributed by atoms with E-state index < -0.39 is 0 Å². The summed E-state index contributed by atoms with van der Waals surface area (Å²) in [6, 6.07) is 31.8. The maximum absolute atomic E-state index is 5.16. The van der Waals surface area contributed by atoms with Crippen LogP contribution < -0.4 is 0 Å². The summed E-state index contributed by atoms with van der Waals surface area (Å²) in [5.41, 5.74) is 4.42. The lowest BCUT2D eigenvalue weighted by atomic mass is 9.99. The predicted molar refractivity (Wildman–Crippen MR) is 162 cm³/mol. The number of allylic oxidation sites excluding steroid dienone is 1. The summed E-state index contributed by atoms with van der Waals surface area (Å²) in [5, 5.41) is 3.76. The van der Waals surface area contributed by atoms with Crippen molar-refractivity contribution in [3.05, 3.63) is 108 Å². The molecule has 0 radical (unpaired) electrons. The lowest BCUT2D eigenvalue weighted by molar-refractivity contribution is 1.02. The second-order valence-corrected chi connectivity index (χ2v) is 11.7. The molecule has 5 heteroatoms. The number of rotatable bonds is 3. The molecule has 0 aliphatic heterocycles. The lowest BCUT2D eigenvalue weighted by Crippen LogP contribution is -2.00. The van der Waals surface area contributed by atoms with Gasteiger partial charge in [-0.3, -0.25) is 0 Å². The topological polar surface area (TPSA) is 38.7 Å². The fourth-order valence-electron chi connectivity index (χ4n) is 5.44. The molecule has 0 N–H and O–H groups in total. The Hall–Kier alpha value is -4.19. The van der Waals surface area contributed by atoms with Crippen molar-refractivity contribution in [1.82, 2.24) is 15.0 Å². The third kappa shape index (κ3) is 3.43. The summed E-state index contributed by atoms with van der Waals surface area (Å²) in [5.74, 6) is 2.13. The zero-order valence-electron chi connectivity index (χ0n) is 20.4. The Morgan fingerprint density at radius 2 is 1.29 bits per heavy atom. The lowest BCUT2D eigenvalue weighted by Gasteiger charge is -2.11. The average molecular weight is 524 g/mol. The van der Waals surface area contributed by atoms with E-state index in [1.807, 2.05) is 29.5 Å². The van der Waals surface area contributed by atoms with Crippen molar-refractivity contribution in [3.63, 3.8) is 0 Å². The number of nitrogens with zero attached hydrogens (tertiary/aromatic N) is 3. The maximum atomic E-state index is 5.16. The number of aromatic nitrogens is 3. The molecule has 3 aromatic heterocycles. The Balaban J connectivity index is 1.42. The summed E-state index contributed by atoms with van der Waals surface area (Å²) < 4.78 is 3.77. The van der Waals surface area contributed by atoms with E-state index in [1.54, 1.807) is 11.3 Å². The first-order valence-corrected chi connectivity index (χ1v) is 14.4. The second kappa shape index (κ2) is 8.69. The molecule has 0 atom stereocenters. The standard InChI is InChI=1S/C33H21N3S2/c1-2-10-20(11-3-1)31-34-32(24-15-9-19-28-29(24)23-13-5-7-18-27(23)37-28)36-33(35-31)25-16-8-14-22-21-12-4-6-17-26(21)38-30(22)25/h1-6,8-17,19H,7,18H2. The normalized spacial score (nSPS) is 12.9. The Kier molecular flexibility index (Phi) is 5.00. The minimum Gasteiger partial charge on any atom is -0.208 e. The fourth-order valence-corrected chi connectivity index (χ4v) is 7.89. The number of fused-ring (bicyclic) bond motifs is 6. The van der Waals surface area contributed by atoms with Crippen LogP contribution >= 0.6 is 22.7 Å². The number of benzene rings is 4. The van der Waals surface area contributed by atoms with E-state index >= 15 is 0 Å². The third-order valence-electron chi connectivity index (χ3n) is 7.21. The minimum atomic E-state index is 0.695. The molecule has 0 unspecified atom stereocenters. The molecule has 0 spiro atoms. The molecule has 3 heterocycles. The van der Waals surface area contributed by atoms with Crippen LogP contribution in [0.1, 0.15) is 16.9 Å². The van der Waals surface area contributed by atoms with Crippen LogP contribution in [0, 0.1) is 0 Å². The fraction of sp³-hybridized carbons (Fsp3) is 0.0606. The van der Waals surface area contributed by atoms with Gasteiger partial charge in [0, 0.05) is 51.8 Å². The van der Waals surface area contributed by atoms with Crippen molar-refractivity contribution < 1.29 is 0 Å². The Labute approximate surface area is 227 Å². The predicted octanol–water partition coefficient (Wildman–Crippen LogP) is 9.41. The highest BCUT2D eigenvalue weighted by Gasteiger charge is 2.20. The highest BCUT2D eigenvalue weighted by Crippen LogP contribution is 2.42. The van der Waals surface area contributed by atoms with Crippen molar-refractivity contribution in [2.75, 3.05) is 0 Å². The van der Waals surface area contributed by atoms with Crippen LogP contribution in [0.25, 0.3) is 70.5 Å². The maximum Gasteiger partial charge on any atom is 0.165 e. The van der Waals surface area contributed by atoms with E-state index in [0.717, 1.165) is 35.4 Å². The first kappa shape index (κ1) is 21.9. The smallest absolute Gasteiger partial charge is 0.165 e. The van der Waals surface area contributed by atoms with Crippen LogP contribution in [0.5, 0.6) is 0 Å². The summed E-state index contributed by atoms with van der Waals surface area (Å²) in [6.07, 6.45) is 6.75. The number of hydrogen-bond donors (Lipinski definition) is 0. The van der Waals surface area contributed by atoms with Gasteiger partial charge >= 0.3 is 0 Å².